The minimum Gasteiger partial charge on any atom is -0.488 e. The van der Waals surface area contributed by atoms with E-state index in [-0.39, 0.29) is 6.61 Å². The van der Waals surface area contributed by atoms with Crippen molar-refractivity contribution in [3.63, 3.8) is 0 Å². The van der Waals surface area contributed by atoms with Gasteiger partial charge in [-0.1, -0.05) is 23.7 Å². The van der Waals surface area contributed by atoms with Crippen molar-refractivity contribution >= 4 is 27.5 Å². The lowest BCUT2D eigenvalue weighted by atomic mass is 10.2. The molecule has 0 radical (unpaired) electrons. The Labute approximate surface area is 103 Å². The van der Waals surface area contributed by atoms with Gasteiger partial charge in [0, 0.05) is 11.1 Å². The van der Waals surface area contributed by atoms with Crippen LogP contribution in [0.25, 0.3) is 0 Å². The maximum absolute atomic E-state index is 9.12. The Kier molecular flexibility index (Phi) is 5.15. The first kappa shape index (κ1) is 12.6. The fourth-order valence-electron chi connectivity index (χ4n) is 1.06. The lowest BCUT2D eigenvalue weighted by molar-refractivity contribution is 0.268. The van der Waals surface area contributed by atoms with Crippen LogP contribution in [0, 0.1) is 0 Å². The number of para-hydroxylation sites is 1. The van der Waals surface area contributed by atoms with Crippen molar-refractivity contribution in [1.82, 2.24) is 0 Å². The van der Waals surface area contributed by atoms with E-state index < -0.39 is 0 Å². The molecule has 0 bridgehead atoms. The zero-order valence-corrected chi connectivity index (χ0v) is 10.7. The molecule has 0 heterocycles. The Bertz CT molecular complexity index is 364. The van der Waals surface area contributed by atoms with Gasteiger partial charge in [-0.3, -0.25) is 0 Å². The Morgan fingerprint density at radius 1 is 1.60 bits per heavy atom. The highest BCUT2D eigenvalue weighted by Crippen LogP contribution is 2.29. The van der Waals surface area contributed by atoms with E-state index in [9.17, 15) is 0 Å². The molecule has 0 atom stereocenters. The van der Waals surface area contributed by atoms with Crippen LogP contribution in [0.15, 0.2) is 33.8 Å². The predicted molar refractivity (Wildman–Crippen MR) is 65.2 cm³/mol. The fraction of sp³-hybridized carbons (Fsp3) is 0.273. The number of halogens is 2. The number of ether oxygens (including phenoxy) is 1. The van der Waals surface area contributed by atoms with Crippen molar-refractivity contribution in [2.45, 2.75) is 13.5 Å². The van der Waals surface area contributed by atoms with Crippen LogP contribution >= 0.6 is 27.5 Å². The molecule has 0 fully saturated rings. The van der Waals surface area contributed by atoms with Crippen molar-refractivity contribution in [2.75, 3.05) is 6.61 Å². The van der Waals surface area contributed by atoms with Crippen molar-refractivity contribution < 1.29 is 9.84 Å². The van der Waals surface area contributed by atoms with Crippen LogP contribution in [0.1, 0.15) is 12.5 Å². The highest BCUT2D eigenvalue weighted by Gasteiger charge is 2.06. The van der Waals surface area contributed by atoms with E-state index in [1.807, 2.05) is 25.1 Å². The summed E-state index contributed by atoms with van der Waals surface area (Å²) in [6.45, 7) is 2.25. The second kappa shape index (κ2) is 6.16. The summed E-state index contributed by atoms with van der Waals surface area (Å²) in [6, 6.07) is 5.54. The smallest absolute Gasteiger partial charge is 0.139 e. The number of benzene rings is 1. The molecule has 15 heavy (non-hydrogen) atoms. The molecule has 1 rings (SSSR count). The molecule has 0 unspecified atom stereocenters. The summed E-state index contributed by atoms with van der Waals surface area (Å²) in [5.41, 5.74) is 3.16. The largest absolute Gasteiger partial charge is 0.488 e. The first-order chi connectivity index (χ1) is 7.19. The normalized spacial score (nSPS) is 11.6. The molecule has 2 nitrogen and oxygen atoms in total. The molecule has 4 heteroatoms. The molecule has 0 aromatic heterocycles. The molecule has 1 aromatic carbocycles. The number of hydrogen-bond donors (Lipinski definition) is 1. The van der Waals surface area contributed by atoms with Crippen LogP contribution in [0.4, 0.5) is 0 Å². The zero-order chi connectivity index (χ0) is 11.3. The average molecular weight is 292 g/mol. The first-order valence-electron chi connectivity index (χ1n) is 4.46. The zero-order valence-electron chi connectivity index (χ0n) is 8.34. The first-order valence-corrected chi connectivity index (χ1v) is 5.69. The van der Waals surface area contributed by atoms with Gasteiger partial charge in [-0.15, -0.1) is 0 Å². The summed E-state index contributed by atoms with van der Waals surface area (Å²) in [5, 5.41) is 9.12. The minimum atomic E-state index is -0.0432. The molecule has 0 amide bonds. The molecule has 0 aliphatic rings. The number of hydrogen-bond acceptors (Lipinski definition) is 2. The van der Waals surface area contributed by atoms with Crippen LogP contribution in [0.3, 0.4) is 0 Å². The Hall–Kier alpha value is -0.510. The van der Waals surface area contributed by atoms with E-state index in [0.29, 0.717) is 12.4 Å². The van der Waals surface area contributed by atoms with Gasteiger partial charge in [0.2, 0.25) is 0 Å². The van der Waals surface area contributed by atoms with Gasteiger partial charge in [0.25, 0.3) is 0 Å². The highest BCUT2D eigenvalue weighted by atomic mass is 79.9. The molecular weight excluding hydrogens is 279 g/mol. The third kappa shape index (κ3) is 3.52. The van der Waals surface area contributed by atoms with Gasteiger partial charge >= 0.3 is 0 Å². The van der Waals surface area contributed by atoms with Crippen LogP contribution in [0.5, 0.6) is 5.75 Å². The summed E-state index contributed by atoms with van der Waals surface area (Å²) in [4.78, 5) is 0. The van der Waals surface area contributed by atoms with E-state index >= 15 is 0 Å². The summed E-state index contributed by atoms with van der Waals surface area (Å²) >= 11 is 8.90. The van der Waals surface area contributed by atoms with Crippen LogP contribution < -0.4 is 4.74 Å². The maximum atomic E-state index is 9.12. The third-order valence-corrected chi connectivity index (χ3v) is 2.85. The van der Waals surface area contributed by atoms with Crippen molar-refractivity contribution in [1.29, 1.82) is 0 Å². The maximum Gasteiger partial charge on any atom is 0.139 e. The van der Waals surface area contributed by atoms with Gasteiger partial charge < -0.3 is 9.84 Å². The fourth-order valence-corrected chi connectivity index (χ4v) is 1.64. The average Bonchev–Trinajstić information content (AvgIpc) is 2.26. The van der Waals surface area contributed by atoms with Gasteiger partial charge in [0.05, 0.1) is 11.1 Å². The standard InChI is InChI=1S/C11H12BrClO2/c1-8(5-13)7-15-11-9(6-14)3-2-4-10(11)12/h2-5,14H,6-7H2,1H3/b8-5-. The van der Waals surface area contributed by atoms with E-state index in [1.54, 1.807) is 0 Å². The van der Waals surface area contributed by atoms with Gasteiger partial charge in [0.1, 0.15) is 12.4 Å². The van der Waals surface area contributed by atoms with Crippen LogP contribution in [0.2, 0.25) is 0 Å². The molecule has 0 aliphatic carbocycles. The van der Waals surface area contributed by atoms with Crippen molar-refractivity contribution in [2.24, 2.45) is 0 Å². The van der Waals surface area contributed by atoms with Crippen LogP contribution in [-0.4, -0.2) is 11.7 Å². The molecule has 82 valence electrons. The Morgan fingerprint density at radius 3 is 2.93 bits per heavy atom. The second-order valence-corrected chi connectivity index (χ2v) is 4.20. The summed E-state index contributed by atoms with van der Waals surface area (Å²) in [7, 11) is 0. The van der Waals surface area contributed by atoms with Gasteiger partial charge in [-0.2, -0.15) is 0 Å². The molecule has 1 aromatic rings. The number of rotatable bonds is 4. The lowest BCUT2D eigenvalue weighted by Gasteiger charge is -2.11. The van der Waals surface area contributed by atoms with E-state index in [4.69, 9.17) is 21.4 Å². The van der Waals surface area contributed by atoms with E-state index in [1.165, 1.54) is 5.54 Å². The lowest BCUT2D eigenvalue weighted by Crippen LogP contribution is -2.01. The SMILES string of the molecule is C/C(=C/Cl)COc1c(Br)cccc1CO. The molecule has 0 saturated carbocycles. The number of aliphatic hydroxyl groups is 1. The topological polar surface area (TPSA) is 29.5 Å². The quantitative estimate of drug-likeness (QED) is 0.920. The monoisotopic (exact) mass is 290 g/mol. The summed E-state index contributed by atoms with van der Waals surface area (Å²) in [6.07, 6.45) is 0. The molecule has 0 saturated heterocycles. The van der Waals surface area contributed by atoms with Crippen LogP contribution in [-0.2, 0) is 6.61 Å². The highest BCUT2D eigenvalue weighted by molar-refractivity contribution is 9.10. The Morgan fingerprint density at radius 2 is 2.33 bits per heavy atom. The third-order valence-electron chi connectivity index (χ3n) is 1.85. The van der Waals surface area contributed by atoms with Gasteiger partial charge in [-0.05, 0) is 34.5 Å². The van der Waals surface area contributed by atoms with E-state index in [0.717, 1.165) is 15.6 Å². The molecule has 0 spiro atoms. The molecule has 0 aliphatic heterocycles. The molecule has 1 N–H and O–H groups in total. The summed E-state index contributed by atoms with van der Waals surface area (Å²) in [5.74, 6) is 0.665. The summed E-state index contributed by atoms with van der Waals surface area (Å²) < 4.78 is 6.38. The molecular formula is C11H12BrClO2. The minimum absolute atomic E-state index is 0.0432. The predicted octanol–water partition coefficient (Wildman–Crippen LogP) is 3.46. The van der Waals surface area contributed by atoms with Gasteiger partial charge in [0.15, 0.2) is 0 Å². The number of aliphatic hydroxyl groups excluding tert-OH is 1. The second-order valence-electron chi connectivity index (χ2n) is 3.13. The van der Waals surface area contributed by atoms with Crippen molar-refractivity contribution in [3.8, 4) is 5.75 Å². The van der Waals surface area contributed by atoms with E-state index in [2.05, 4.69) is 15.9 Å². The van der Waals surface area contributed by atoms with Gasteiger partial charge in [-0.25, -0.2) is 0 Å². The van der Waals surface area contributed by atoms with Crippen molar-refractivity contribution in [3.05, 3.63) is 39.3 Å². The Balaban J connectivity index is 2.83.